The highest BCUT2D eigenvalue weighted by atomic mass is 16.5. The maximum Gasteiger partial charge on any atom is 0.328 e. The number of carbonyl (C=O) groups is 2. The van der Waals surface area contributed by atoms with Crippen LogP contribution < -0.4 is 5.32 Å². The Labute approximate surface area is 91.4 Å². The lowest BCUT2D eigenvalue weighted by molar-refractivity contribution is -0.148. The van der Waals surface area contributed by atoms with Crippen molar-refractivity contribution >= 4 is 11.9 Å². The first kappa shape index (κ1) is 13.9. The van der Waals surface area contributed by atoms with Crippen molar-refractivity contribution < 1.29 is 14.3 Å². The number of amides is 1. The van der Waals surface area contributed by atoms with Gasteiger partial charge in [0, 0.05) is 5.41 Å². The minimum atomic E-state index is -0.580. The van der Waals surface area contributed by atoms with Gasteiger partial charge in [0.15, 0.2) is 0 Å². The monoisotopic (exact) mass is 215 g/mol. The van der Waals surface area contributed by atoms with Gasteiger partial charge in [-0.3, -0.25) is 4.79 Å². The number of nitrogens with one attached hydrogen (secondary N) is 1. The Bertz CT molecular complexity index is 230. The SMILES string of the molecule is CCCOC(=O)C(C)NC(=O)C(C)(C)C. The molecule has 1 unspecified atom stereocenters. The van der Waals surface area contributed by atoms with E-state index in [0.29, 0.717) is 6.61 Å². The van der Waals surface area contributed by atoms with Gasteiger partial charge in [-0.25, -0.2) is 4.79 Å². The molecule has 1 atom stereocenters. The Balaban J connectivity index is 4.08. The standard InChI is InChI=1S/C11H21NO3/c1-6-7-15-9(13)8(2)12-10(14)11(3,4)5/h8H,6-7H2,1-5H3,(H,12,14). The molecule has 88 valence electrons. The molecule has 0 saturated carbocycles. The minimum Gasteiger partial charge on any atom is -0.464 e. The van der Waals surface area contributed by atoms with E-state index < -0.39 is 11.5 Å². The summed E-state index contributed by atoms with van der Waals surface area (Å²) in [6.07, 6.45) is 0.783. The number of esters is 1. The van der Waals surface area contributed by atoms with E-state index in [9.17, 15) is 9.59 Å². The van der Waals surface area contributed by atoms with E-state index in [1.165, 1.54) is 0 Å². The van der Waals surface area contributed by atoms with E-state index >= 15 is 0 Å². The van der Waals surface area contributed by atoms with Gasteiger partial charge in [0.2, 0.25) is 5.91 Å². The molecule has 0 aromatic carbocycles. The predicted octanol–water partition coefficient (Wildman–Crippen LogP) is 1.49. The lowest BCUT2D eigenvalue weighted by Crippen LogP contribution is -2.44. The van der Waals surface area contributed by atoms with Crippen molar-refractivity contribution in [2.45, 2.75) is 47.1 Å². The van der Waals surface area contributed by atoms with Crippen molar-refractivity contribution in [2.24, 2.45) is 5.41 Å². The van der Waals surface area contributed by atoms with Crippen molar-refractivity contribution in [1.29, 1.82) is 0 Å². The van der Waals surface area contributed by atoms with Crippen molar-refractivity contribution in [3.63, 3.8) is 0 Å². The zero-order valence-corrected chi connectivity index (χ0v) is 10.2. The summed E-state index contributed by atoms with van der Waals surface area (Å²) in [6, 6.07) is -0.580. The largest absolute Gasteiger partial charge is 0.464 e. The van der Waals surface area contributed by atoms with Crippen molar-refractivity contribution in [3.8, 4) is 0 Å². The molecule has 0 saturated heterocycles. The summed E-state index contributed by atoms with van der Waals surface area (Å²) >= 11 is 0. The molecule has 4 nitrogen and oxygen atoms in total. The Morgan fingerprint density at radius 1 is 1.33 bits per heavy atom. The first-order chi connectivity index (χ1) is 6.79. The van der Waals surface area contributed by atoms with Gasteiger partial charge < -0.3 is 10.1 Å². The second kappa shape index (κ2) is 5.73. The zero-order valence-electron chi connectivity index (χ0n) is 10.2. The fraction of sp³-hybridized carbons (Fsp3) is 0.818. The minimum absolute atomic E-state index is 0.150. The van der Waals surface area contributed by atoms with E-state index in [4.69, 9.17) is 4.74 Å². The smallest absolute Gasteiger partial charge is 0.328 e. The van der Waals surface area contributed by atoms with Crippen LogP contribution in [0, 0.1) is 5.41 Å². The highest BCUT2D eigenvalue weighted by Gasteiger charge is 2.25. The van der Waals surface area contributed by atoms with Gasteiger partial charge >= 0.3 is 5.97 Å². The van der Waals surface area contributed by atoms with Gasteiger partial charge in [0.25, 0.3) is 0 Å². The molecule has 0 spiro atoms. The van der Waals surface area contributed by atoms with Gasteiger partial charge in [-0.1, -0.05) is 27.7 Å². The Morgan fingerprint density at radius 2 is 1.87 bits per heavy atom. The van der Waals surface area contributed by atoms with Crippen molar-refractivity contribution in [1.82, 2.24) is 5.32 Å². The lowest BCUT2D eigenvalue weighted by atomic mass is 9.95. The molecule has 0 aliphatic rings. The maximum atomic E-state index is 11.5. The van der Waals surface area contributed by atoms with Crippen molar-refractivity contribution in [3.05, 3.63) is 0 Å². The zero-order chi connectivity index (χ0) is 12.1. The molecule has 0 bridgehead atoms. The molecule has 0 aliphatic heterocycles. The molecule has 0 fully saturated rings. The summed E-state index contributed by atoms with van der Waals surface area (Å²) in [7, 11) is 0. The predicted molar refractivity (Wildman–Crippen MR) is 58.3 cm³/mol. The Hall–Kier alpha value is -1.06. The molecule has 0 rings (SSSR count). The highest BCUT2D eigenvalue weighted by Crippen LogP contribution is 2.12. The molecule has 0 aromatic rings. The van der Waals surface area contributed by atoms with Crippen LogP contribution in [-0.2, 0) is 14.3 Å². The third-order valence-electron chi connectivity index (χ3n) is 1.83. The molecule has 0 aromatic heterocycles. The van der Waals surface area contributed by atoms with E-state index in [2.05, 4.69) is 5.32 Å². The van der Waals surface area contributed by atoms with Crippen LogP contribution in [0.3, 0.4) is 0 Å². The molecular formula is C11H21NO3. The fourth-order valence-electron chi connectivity index (χ4n) is 0.800. The van der Waals surface area contributed by atoms with E-state index in [0.717, 1.165) is 6.42 Å². The summed E-state index contributed by atoms with van der Waals surface area (Å²) < 4.78 is 4.91. The molecule has 15 heavy (non-hydrogen) atoms. The van der Waals surface area contributed by atoms with Crippen LogP contribution in [0.15, 0.2) is 0 Å². The normalized spacial score (nSPS) is 13.1. The second-order valence-electron chi connectivity index (χ2n) is 4.61. The molecule has 0 radical (unpaired) electrons. The van der Waals surface area contributed by atoms with Gasteiger partial charge in [-0.15, -0.1) is 0 Å². The number of rotatable bonds is 4. The molecular weight excluding hydrogens is 194 g/mol. The summed E-state index contributed by atoms with van der Waals surface area (Å²) in [4.78, 5) is 22.9. The summed E-state index contributed by atoms with van der Waals surface area (Å²) in [5.41, 5.74) is -0.487. The summed E-state index contributed by atoms with van der Waals surface area (Å²) in [6.45, 7) is 9.34. The fourth-order valence-corrected chi connectivity index (χ4v) is 0.800. The third-order valence-corrected chi connectivity index (χ3v) is 1.83. The second-order valence-corrected chi connectivity index (χ2v) is 4.61. The van der Waals surface area contributed by atoms with Crippen LogP contribution in [0.2, 0.25) is 0 Å². The van der Waals surface area contributed by atoms with Crippen LogP contribution in [0.5, 0.6) is 0 Å². The van der Waals surface area contributed by atoms with Crippen LogP contribution >= 0.6 is 0 Å². The Morgan fingerprint density at radius 3 is 2.27 bits per heavy atom. The summed E-state index contributed by atoms with van der Waals surface area (Å²) in [5, 5.41) is 2.62. The van der Waals surface area contributed by atoms with E-state index in [1.54, 1.807) is 27.7 Å². The number of hydrogen-bond acceptors (Lipinski definition) is 3. The first-order valence-electron chi connectivity index (χ1n) is 5.26. The quantitative estimate of drug-likeness (QED) is 0.723. The number of carbonyl (C=O) groups excluding carboxylic acids is 2. The van der Waals surface area contributed by atoms with Crippen LogP contribution in [-0.4, -0.2) is 24.5 Å². The molecule has 0 aliphatic carbocycles. The van der Waals surface area contributed by atoms with Gasteiger partial charge in [0.1, 0.15) is 6.04 Å². The average Bonchev–Trinajstić information content (AvgIpc) is 2.12. The summed E-state index contributed by atoms with van der Waals surface area (Å²) in [5.74, 6) is -0.530. The van der Waals surface area contributed by atoms with Gasteiger partial charge in [-0.05, 0) is 13.3 Å². The lowest BCUT2D eigenvalue weighted by Gasteiger charge is -2.20. The van der Waals surface area contributed by atoms with Crippen LogP contribution in [0.25, 0.3) is 0 Å². The van der Waals surface area contributed by atoms with Gasteiger partial charge in [-0.2, -0.15) is 0 Å². The van der Waals surface area contributed by atoms with Gasteiger partial charge in [0.05, 0.1) is 6.61 Å². The number of ether oxygens (including phenoxy) is 1. The first-order valence-corrected chi connectivity index (χ1v) is 5.26. The molecule has 1 N–H and O–H groups in total. The van der Waals surface area contributed by atoms with Crippen LogP contribution in [0.4, 0.5) is 0 Å². The molecule has 4 heteroatoms. The molecule has 0 heterocycles. The maximum absolute atomic E-state index is 11.5. The third kappa shape index (κ3) is 5.40. The number of hydrogen-bond donors (Lipinski definition) is 1. The average molecular weight is 215 g/mol. The van der Waals surface area contributed by atoms with Crippen molar-refractivity contribution in [2.75, 3.05) is 6.61 Å². The van der Waals surface area contributed by atoms with Crippen LogP contribution in [0.1, 0.15) is 41.0 Å². The van der Waals surface area contributed by atoms with E-state index in [1.807, 2.05) is 6.92 Å². The highest BCUT2D eigenvalue weighted by molar-refractivity contribution is 5.87. The molecule has 1 amide bonds. The Kier molecular flexibility index (Phi) is 5.33. The topological polar surface area (TPSA) is 55.4 Å². The van der Waals surface area contributed by atoms with E-state index in [-0.39, 0.29) is 11.9 Å².